The van der Waals surface area contributed by atoms with Gasteiger partial charge in [-0.3, -0.25) is 4.79 Å². The van der Waals surface area contributed by atoms with Gasteiger partial charge in [0, 0.05) is 17.7 Å². The number of carbonyl (C=O) groups excluding carboxylic acids is 1. The first-order valence-corrected chi connectivity index (χ1v) is 5.29. The second-order valence-electron chi connectivity index (χ2n) is 4.19. The lowest BCUT2D eigenvalue weighted by molar-refractivity contribution is -0.153. The van der Waals surface area contributed by atoms with Gasteiger partial charge >= 0.3 is 0 Å². The van der Waals surface area contributed by atoms with Crippen LogP contribution in [0.4, 0.5) is 0 Å². The van der Waals surface area contributed by atoms with E-state index in [2.05, 4.69) is 0 Å². The predicted molar refractivity (Wildman–Crippen MR) is 55.4 cm³/mol. The highest BCUT2D eigenvalue weighted by atomic mass is 16.5. The Morgan fingerprint density at radius 1 is 1.40 bits per heavy atom. The molecular formula is C12H13NO2. The number of nitrogens with zero attached hydrogens (tertiary/aromatic N) is 1. The van der Waals surface area contributed by atoms with Gasteiger partial charge in [0.15, 0.2) is 5.72 Å². The molecule has 0 saturated carbocycles. The maximum Gasteiger partial charge on any atom is 0.256 e. The highest BCUT2D eigenvalue weighted by molar-refractivity contribution is 5.99. The number of fused-ring (bicyclic) bond motifs is 3. The number of benzene rings is 1. The van der Waals surface area contributed by atoms with Crippen LogP contribution in [0.15, 0.2) is 24.3 Å². The largest absolute Gasteiger partial charge is 0.351 e. The van der Waals surface area contributed by atoms with Gasteiger partial charge in [0.05, 0.1) is 6.61 Å². The van der Waals surface area contributed by atoms with Gasteiger partial charge < -0.3 is 9.64 Å². The van der Waals surface area contributed by atoms with Crippen molar-refractivity contribution in [3.8, 4) is 0 Å². The van der Waals surface area contributed by atoms with Crippen LogP contribution >= 0.6 is 0 Å². The smallest absolute Gasteiger partial charge is 0.256 e. The third kappa shape index (κ3) is 1.01. The molecule has 2 heterocycles. The molecule has 0 aromatic heterocycles. The van der Waals surface area contributed by atoms with Crippen molar-refractivity contribution in [1.29, 1.82) is 0 Å². The molecule has 3 nitrogen and oxygen atoms in total. The van der Waals surface area contributed by atoms with Gasteiger partial charge in [-0.05, 0) is 19.4 Å². The molecule has 1 saturated heterocycles. The van der Waals surface area contributed by atoms with Crippen molar-refractivity contribution in [2.75, 3.05) is 13.2 Å². The van der Waals surface area contributed by atoms with Crippen molar-refractivity contribution in [1.82, 2.24) is 4.90 Å². The predicted octanol–water partition coefficient (Wildman–Crippen LogP) is 1.74. The molecule has 1 aromatic rings. The van der Waals surface area contributed by atoms with E-state index in [1.54, 1.807) is 0 Å². The van der Waals surface area contributed by atoms with Crippen molar-refractivity contribution >= 4 is 5.91 Å². The van der Waals surface area contributed by atoms with Gasteiger partial charge in [-0.1, -0.05) is 18.2 Å². The third-order valence-electron chi connectivity index (χ3n) is 3.33. The molecular weight excluding hydrogens is 190 g/mol. The lowest BCUT2D eigenvalue weighted by Crippen LogP contribution is -2.48. The van der Waals surface area contributed by atoms with E-state index in [4.69, 9.17) is 4.74 Å². The van der Waals surface area contributed by atoms with E-state index < -0.39 is 5.72 Å². The maximum atomic E-state index is 12.1. The van der Waals surface area contributed by atoms with Crippen LogP contribution in [0.25, 0.3) is 0 Å². The molecule has 1 amide bonds. The molecule has 1 aromatic carbocycles. The minimum absolute atomic E-state index is 0.104. The quantitative estimate of drug-likeness (QED) is 0.642. The molecule has 0 N–H and O–H groups in total. The Bertz CT molecular complexity index is 429. The normalized spacial score (nSPS) is 28.9. The van der Waals surface area contributed by atoms with E-state index in [-0.39, 0.29) is 5.91 Å². The van der Waals surface area contributed by atoms with Crippen LogP contribution in [-0.2, 0) is 10.5 Å². The molecule has 1 atom stereocenters. The molecule has 3 heteroatoms. The van der Waals surface area contributed by atoms with Gasteiger partial charge in [0.2, 0.25) is 0 Å². The molecule has 0 spiro atoms. The second-order valence-corrected chi connectivity index (χ2v) is 4.19. The lowest BCUT2D eigenvalue weighted by Gasteiger charge is -2.39. The number of ether oxygens (including phenoxy) is 1. The minimum atomic E-state index is -0.522. The van der Waals surface area contributed by atoms with Gasteiger partial charge in [0.25, 0.3) is 5.91 Å². The third-order valence-corrected chi connectivity index (χ3v) is 3.33. The molecule has 15 heavy (non-hydrogen) atoms. The summed E-state index contributed by atoms with van der Waals surface area (Å²) in [5.41, 5.74) is 1.28. The van der Waals surface area contributed by atoms with Crippen molar-refractivity contribution < 1.29 is 9.53 Å². The van der Waals surface area contributed by atoms with E-state index in [0.29, 0.717) is 0 Å². The van der Waals surface area contributed by atoms with Crippen LogP contribution < -0.4 is 0 Å². The zero-order chi connectivity index (χ0) is 10.5. The fraction of sp³-hybridized carbons (Fsp3) is 0.417. The lowest BCUT2D eigenvalue weighted by atomic mass is 10.0. The van der Waals surface area contributed by atoms with Crippen LogP contribution in [0.5, 0.6) is 0 Å². The summed E-state index contributed by atoms with van der Waals surface area (Å²) in [5, 5.41) is 0. The summed E-state index contributed by atoms with van der Waals surface area (Å²) < 4.78 is 5.79. The number of hydrogen-bond acceptors (Lipinski definition) is 2. The summed E-state index contributed by atoms with van der Waals surface area (Å²) in [6.45, 7) is 3.51. The van der Waals surface area contributed by atoms with E-state index >= 15 is 0 Å². The Morgan fingerprint density at radius 3 is 3.07 bits per heavy atom. The molecule has 0 bridgehead atoms. The van der Waals surface area contributed by atoms with Crippen LogP contribution in [0.2, 0.25) is 0 Å². The topological polar surface area (TPSA) is 29.5 Å². The van der Waals surface area contributed by atoms with Gasteiger partial charge in [-0.15, -0.1) is 0 Å². The van der Waals surface area contributed by atoms with Gasteiger partial charge in [-0.25, -0.2) is 0 Å². The fourth-order valence-corrected chi connectivity index (χ4v) is 2.52. The Balaban J connectivity index is 2.20. The summed E-state index contributed by atoms with van der Waals surface area (Å²) in [6.07, 6.45) is 0.926. The molecule has 0 radical (unpaired) electrons. The first kappa shape index (κ1) is 8.92. The molecule has 1 fully saturated rings. The van der Waals surface area contributed by atoms with Crippen molar-refractivity contribution in [3.05, 3.63) is 35.4 Å². The van der Waals surface area contributed by atoms with E-state index in [9.17, 15) is 4.79 Å². The van der Waals surface area contributed by atoms with Gasteiger partial charge in [0.1, 0.15) is 0 Å². The number of carbonyl (C=O) groups is 1. The van der Waals surface area contributed by atoms with Crippen LogP contribution in [0.3, 0.4) is 0 Å². The van der Waals surface area contributed by atoms with Crippen LogP contribution in [-0.4, -0.2) is 24.0 Å². The van der Waals surface area contributed by atoms with Crippen LogP contribution in [0, 0.1) is 0 Å². The molecule has 0 aliphatic carbocycles. The van der Waals surface area contributed by atoms with Crippen molar-refractivity contribution in [2.24, 2.45) is 0 Å². The van der Waals surface area contributed by atoms with Crippen molar-refractivity contribution in [3.63, 3.8) is 0 Å². The zero-order valence-electron chi connectivity index (χ0n) is 8.69. The second kappa shape index (κ2) is 2.83. The first-order chi connectivity index (χ1) is 7.23. The number of hydrogen-bond donors (Lipinski definition) is 0. The molecule has 1 unspecified atom stereocenters. The highest BCUT2D eigenvalue weighted by Crippen LogP contribution is 2.41. The summed E-state index contributed by atoms with van der Waals surface area (Å²) >= 11 is 0. The molecule has 2 aliphatic heterocycles. The average Bonchev–Trinajstić information content (AvgIpc) is 2.50. The molecule has 3 rings (SSSR count). The van der Waals surface area contributed by atoms with E-state index in [1.807, 2.05) is 36.1 Å². The van der Waals surface area contributed by atoms with Gasteiger partial charge in [-0.2, -0.15) is 0 Å². The fourth-order valence-electron chi connectivity index (χ4n) is 2.52. The highest BCUT2D eigenvalue weighted by Gasteiger charge is 2.48. The molecule has 2 aliphatic rings. The zero-order valence-corrected chi connectivity index (χ0v) is 8.69. The average molecular weight is 203 g/mol. The Hall–Kier alpha value is -1.35. The maximum absolute atomic E-state index is 12.1. The summed E-state index contributed by atoms with van der Waals surface area (Å²) in [6, 6.07) is 7.72. The summed E-state index contributed by atoms with van der Waals surface area (Å²) in [7, 11) is 0. The summed E-state index contributed by atoms with van der Waals surface area (Å²) in [4.78, 5) is 13.9. The first-order valence-electron chi connectivity index (χ1n) is 5.29. The minimum Gasteiger partial charge on any atom is -0.351 e. The van der Waals surface area contributed by atoms with Crippen molar-refractivity contribution in [2.45, 2.75) is 19.1 Å². The van der Waals surface area contributed by atoms with E-state index in [0.717, 1.165) is 30.7 Å². The molecule has 78 valence electrons. The number of rotatable bonds is 0. The SMILES string of the molecule is CC12OCCCN1C(=O)c1ccccc12. The standard InChI is InChI=1S/C12H13NO2/c1-12-10-6-3-2-5-9(10)11(14)13(12)7-4-8-15-12/h2-3,5-6H,4,7-8H2,1H3. The monoisotopic (exact) mass is 203 g/mol. The summed E-state index contributed by atoms with van der Waals surface area (Å²) in [5.74, 6) is 0.104. The number of amides is 1. The Morgan fingerprint density at radius 2 is 2.20 bits per heavy atom. The van der Waals surface area contributed by atoms with Crippen LogP contribution in [0.1, 0.15) is 29.3 Å². The Kier molecular flexibility index (Phi) is 1.68. The Labute approximate surface area is 88.6 Å². The van der Waals surface area contributed by atoms with E-state index in [1.165, 1.54) is 0 Å².